The standard InChI is InChI=1S/C8H12BrN3O2/c1-10-7(8(13)14-2)5-12-4-6(9)3-11-12/h3-4,7,10H,5H2,1-2H3. The van der Waals surface area contributed by atoms with Crippen molar-refractivity contribution in [3.63, 3.8) is 0 Å². The molecular weight excluding hydrogens is 250 g/mol. The number of ether oxygens (including phenoxy) is 1. The normalized spacial score (nSPS) is 12.5. The summed E-state index contributed by atoms with van der Waals surface area (Å²) in [7, 11) is 3.08. The summed E-state index contributed by atoms with van der Waals surface area (Å²) in [5.41, 5.74) is 0. The lowest BCUT2D eigenvalue weighted by Crippen LogP contribution is -2.38. The number of carbonyl (C=O) groups excluding carboxylic acids is 1. The molecule has 78 valence electrons. The van der Waals surface area contributed by atoms with Crippen LogP contribution in [0, 0.1) is 0 Å². The summed E-state index contributed by atoms with van der Waals surface area (Å²) in [6.45, 7) is 0.453. The van der Waals surface area contributed by atoms with Crippen molar-refractivity contribution < 1.29 is 9.53 Å². The lowest BCUT2D eigenvalue weighted by Gasteiger charge is -2.12. The van der Waals surface area contributed by atoms with Crippen molar-refractivity contribution in [1.29, 1.82) is 0 Å². The summed E-state index contributed by atoms with van der Waals surface area (Å²) in [6.07, 6.45) is 3.47. The van der Waals surface area contributed by atoms with Gasteiger partial charge < -0.3 is 10.1 Å². The lowest BCUT2D eigenvalue weighted by molar-refractivity contribution is -0.143. The second-order valence-electron chi connectivity index (χ2n) is 2.75. The Morgan fingerprint density at radius 2 is 2.57 bits per heavy atom. The predicted molar refractivity (Wildman–Crippen MR) is 54.8 cm³/mol. The molecule has 0 fully saturated rings. The van der Waals surface area contributed by atoms with Gasteiger partial charge in [0, 0.05) is 6.20 Å². The van der Waals surface area contributed by atoms with E-state index in [0.29, 0.717) is 6.54 Å². The Kier molecular flexibility index (Phi) is 4.09. The van der Waals surface area contributed by atoms with E-state index in [-0.39, 0.29) is 12.0 Å². The van der Waals surface area contributed by atoms with Gasteiger partial charge in [-0.1, -0.05) is 0 Å². The Hall–Kier alpha value is -0.880. The number of nitrogens with one attached hydrogen (secondary N) is 1. The van der Waals surface area contributed by atoms with Gasteiger partial charge >= 0.3 is 5.97 Å². The van der Waals surface area contributed by atoms with Crippen molar-refractivity contribution in [2.24, 2.45) is 0 Å². The van der Waals surface area contributed by atoms with Gasteiger partial charge in [-0.15, -0.1) is 0 Å². The van der Waals surface area contributed by atoms with E-state index >= 15 is 0 Å². The molecule has 0 radical (unpaired) electrons. The minimum atomic E-state index is -0.369. The van der Waals surface area contributed by atoms with E-state index in [1.807, 2.05) is 0 Å². The van der Waals surface area contributed by atoms with Crippen molar-refractivity contribution in [2.75, 3.05) is 14.2 Å². The molecule has 1 N–H and O–H groups in total. The van der Waals surface area contributed by atoms with Gasteiger partial charge in [0.1, 0.15) is 6.04 Å². The highest BCUT2D eigenvalue weighted by atomic mass is 79.9. The van der Waals surface area contributed by atoms with E-state index in [0.717, 1.165) is 4.47 Å². The largest absolute Gasteiger partial charge is 0.468 e. The first-order chi connectivity index (χ1) is 6.67. The van der Waals surface area contributed by atoms with E-state index in [1.54, 1.807) is 24.1 Å². The molecule has 1 aromatic heterocycles. The molecule has 0 amide bonds. The molecule has 0 saturated heterocycles. The van der Waals surface area contributed by atoms with Gasteiger partial charge in [-0.2, -0.15) is 5.10 Å². The first-order valence-electron chi connectivity index (χ1n) is 4.10. The highest BCUT2D eigenvalue weighted by molar-refractivity contribution is 9.10. The summed E-state index contributed by atoms with van der Waals surface area (Å²) >= 11 is 3.28. The Bertz CT molecular complexity index is 313. The number of halogens is 1. The zero-order valence-corrected chi connectivity index (χ0v) is 9.61. The molecule has 1 rings (SSSR count). The number of esters is 1. The fraction of sp³-hybridized carbons (Fsp3) is 0.500. The average molecular weight is 262 g/mol. The molecule has 0 aliphatic heterocycles. The van der Waals surface area contributed by atoms with Crippen LogP contribution >= 0.6 is 15.9 Å². The Balaban J connectivity index is 2.61. The topological polar surface area (TPSA) is 56.2 Å². The number of hydrogen-bond acceptors (Lipinski definition) is 4. The summed E-state index contributed by atoms with van der Waals surface area (Å²) in [4.78, 5) is 11.2. The van der Waals surface area contributed by atoms with Gasteiger partial charge in [-0.05, 0) is 23.0 Å². The molecule has 1 aromatic rings. The molecule has 1 atom stereocenters. The van der Waals surface area contributed by atoms with Crippen LogP contribution < -0.4 is 5.32 Å². The van der Waals surface area contributed by atoms with Crippen LogP contribution in [0.2, 0.25) is 0 Å². The number of methoxy groups -OCH3 is 1. The molecule has 1 heterocycles. The van der Waals surface area contributed by atoms with Crippen molar-refractivity contribution in [2.45, 2.75) is 12.6 Å². The van der Waals surface area contributed by atoms with E-state index in [4.69, 9.17) is 0 Å². The van der Waals surface area contributed by atoms with E-state index < -0.39 is 0 Å². The van der Waals surface area contributed by atoms with Gasteiger partial charge in [0.15, 0.2) is 0 Å². The van der Waals surface area contributed by atoms with Crippen LogP contribution in [0.5, 0.6) is 0 Å². The molecule has 1 unspecified atom stereocenters. The Labute approximate surface area is 90.6 Å². The molecule has 5 nitrogen and oxygen atoms in total. The highest BCUT2D eigenvalue weighted by Crippen LogP contribution is 2.06. The van der Waals surface area contributed by atoms with Gasteiger partial charge in [0.2, 0.25) is 0 Å². The maximum atomic E-state index is 11.2. The molecule has 6 heteroatoms. The Morgan fingerprint density at radius 3 is 3.00 bits per heavy atom. The SMILES string of the molecule is CNC(Cn1cc(Br)cn1)C(=O)OC. The van der Waals surface area contributed by atoms with Crippen molar-refractivity contribution in [3.05, 3.63) is 16.9 Å². The van der Waals surface area contributed by atoms with Crippen LogP contribution in [-0.2, 0) is 16.1 Å². The van der Waals surface area contributed by atoms with E-state index in [2.05, 4.69) is 31.1 Å². The minimum Gasteiger partial charge on any atom is -0.468 e. The first kappa shape index (κ1) is 11.2. The fourth-order valence-electron chi connectivity index (χ4n) is 1.05. The maximum Gasteiger partial charge on any atom is 0.324 e. The molecule has 0 bridgehead atoms. The van der Waals surface area contributed by atoms with Crippen LogP contribution in [0.1, 0.15) is 0 Å². The molecule has 0 saturated carbocycles. The summed E-state index contributed by atoms with van der Waals surface area (Å²) in [5, 5.41) is 6.90. The van der Waals surface area contributed by atoms with Gasteiger partial charge in [-0.25, -0.2) is 0 Å². The third kappa shape index (κ3) is 2.81. The smallest absolute Gasteiger partial charge is 0.324 e. The predicted octanol–water partition coefficient (Wildman–Crippen LogP) is 0.407. The monoisotopic (exact) mass is 261 g/mol. The quantitative estimate of drug-likeness (QED) is 0.798. The van der Waals surface area contributed by atoms with Crippen LogP contribution in [-0.4, -0.2) is 35.9 Å². The zero-order valence-electron chi connectivity index (χ0n) is 8.03. The molecule has 0 spiro atoms. The number of carbonyl (C=O) groups is 1. The van der Waals surface area contributed by atoms with E-state index in [9.17, 15) is 4.79 Å². The second-order valence-corrected chi connectivity index (χ2v) is 3.66. The molecule has 0 aliphatic carbocycles. The van der Waals surface area contributed by atoms with Crippen molar-refractivity contribution in [3.8, 4) is 0 Å². The Morgan fingerprint density at radius 1 is 1.86 bits per heavy atom. The van der Waals surface area contributed by atoms with Crippen molar-refractivity contribution in [1.82, 2.24) is 15.1 Å². The van der Waals surface area contributed by atoms with Crippen LogP contribution in [0.3, 0.4) is 0 Å². The van der Waals surface area contributed by atoms with Gasteiger partial charge in [-0.3, -0.25) is 9.48 Å². The van der Waals surface area contributed by atoms with Crippen molar-refractivity contribution >= 4 is 21.9 Å². The van der Waals surface area contributed by atoms with Gasteiger partial charge in [0.25, 0.3) is 0 Å². The lowest BCUT2D eigenvalue weighted by atomic mass is 10.3. The first-order valence-corrected chi connectivity index (χ1v) is 4.89. The maximum absolute atomic E-state index is 11.2. The molecule has 0 aliphatic rings. The zero-order chi connectivity index (χ0) is 10.6. The summed E-state index contributed by atoms with van der Waals surface area (Å²) in [6, 6.07) is -0.369. The second kappa shape index (κ2) is 5.11. The van der Waals surface area contributed by atoms with Crippen LogP contribution in [0.4, 0.5) is 0 Å². The number of aromatic nitrogens is 2. The number of hydrogen-bond donors (Lipinski definition) is 1. The number of rotatable bonds is 4. The van der Waals surface area contributed by atoms with Crippen LogP contribution in [0.15, 0.2) is 16.9 Å². The molecular formula is C8H12BrN3O2. The third-order valence-corrected chi connectivity index (χ3v) is 2.22. The fourth-order valence-corrected chi connectivity index (χ4v) is 1.38. The minimum absolute atomic E-state index is 0.292. The number of nitrogens with zero attached hydrogens (tertiary/aromatic N) is 2. The number of likely N-dealkylation sites (N-methyl/N-ethyl adjacent to an activating group) is 1. The highest BCUT2D eigenvalue weighted by Gasteiger charge is 2.17. The summed E-state index contributed by atoms with van der Waals surface area (Å²) in [5.74, 6) is -0.292. The molecule has 14 heavy (non-hydrogen) atoms. The van der Waals surface area contributed by atoms with Gasteiger partial charge in [0.05, 0.1) is 24.3 Å². The molecule has 0 aromatic carbocycles. The summed E-state index contributed by atoms with van der Waals surface area (Å²) < 4.78 is 7.18. The van der Waals surface area contributed by atoms with Crippen LogP contribution in [0.25, 0.3) is 0 Å². The van der Waals surface area contributed by atoms with E-state index in [1.165, 1.54) is 7.11 Å². The third-order valence-electron chi connectivity index (χ3n) is 1.81. The average Bonchev–Trinajstić information content (AvgIpc) is 2.59.